The molecule has 4 aromatic rings. The van der Waals surface area contributed by atoms with Crippen LogP contribution in [-0.2, 0) is 16.6 Å². The molecule has 2 aromatic heterocycles. The summed E-state index contributed by atoms with van der Waals surface area (Å²) in [5, 5.41) is 12.1. The maximum absolute atomic E-state index is 12.9. The summed E-state index contributed by atoms with van der Waals surface area (Å²) in [6, 6.07) is 14.4. The molecule has 2 aromatic carbocycles. The van der Waals surface area contributed by atoms with E-state index in [4.69, 9.17) is 0 Å². The molecule has 10 heteroatoms. The number of aromatic nitrogens is 4. The lowest BCUT2D eigenvalue weighted by Crippen LogP contribution is -2.43. The zero-order chi connectivity index (χ0) is 20.8. The van der Waals surface area contributed by atoms with Crippen LogP contribution in [0.3, 0.4) is 0 Å². The molecule has 0 aliphatic carbocycles. The van der Waals surface area contributed by atoms with Gasteiger partial charge >= 0.3 is 0 Å². The van der Waals surface area contributed by atoms with Gasteiger partial charge in [0.25, 0.3) is 5.56 Å². The third-order valence-electron chi connectivity index (χ3n) is 4.99. The predicted molar refractivity (Wildman–Crippen MR) is 114 cm³/mol. The first-order valence-corrected chi connectivity index (χ1v) is 10.2. The van der Waals surface area contributed by atoms with Crippen LogP contribution in [0.4, 0.5) is 11.4 Å². The minimum atomic E-state index is -0.235. The fourth-order valence-corrected chi connectivity index (χ4v) is 4.38. The maximum atomic E-state index is 12.9. The summed E-state index contributed by atoms with van der Waals surface area (Å²) in [5.74, 6) is 0.0186. The number of aryl methyl sites for hydroxylation is 1. The standard InChI is InChI=1S/C20H16N6O3S/c1-24-18(29)12-6-2-4-8-14(12)26-19(24)22-23-20(26)30-11-17(28)25-10-16(27)21-13-7-3-5-9-15(13)25/h2-9H,10-11H2,1H3,(H,21,27). The van der Waals surface area contributed by atoms with Gasteiger partial charge in [0.15, 0.2) is 5.16 Å². The van der Waals surface area contributed by atoms with E-state index in [0.29, 0.717) is 33.2 Å². The van der Waals surface area contributed by atoms with Gasteiger partial charge in [-0.05, 0) is 24.3 Å². The van der Waals surface area contributed by atoms with E-state index in [1.54, 1.807) is 41.8 Å². The van der Waals surface area contributed by atoms with Gasteiger partial charge in [-0.25, -0.2) is 0 Å². The summed E-state index contributed by atoms with van der Waals surface area (Å²) in [6.45, 7) is -0.0333. The highest BCUT2D eigenvalue weighted by atomic mass is 32.2. The molecule has 0 bridgehead atoms. The summed E-state index contributed by atoms with van der Waals surface area (Å²) < 4.78 is 3.21. The third kappa shape index (κ3) is 2.84. The lowest BCUT2D eigenvalue weighted by molar-refractivity contribution is -0.120. The number of thioether (sulfide) groups is 1. The fraction of sp³-hybridized carbons (Fsp3) is 0.150. The summed E-state index contributed by atoms with van der Waals surface area (Å²) in [7, 11) is 1.64. The zero-order valence-electron chi connectivity index (χ0n) is 15.9. The molecule has 0 saturated heterocycles. The van der Waals surface area contributed by atoms with Gasteiger partial charge in [0.1, 0.15) is 6.54 Å². The average Bonchev–Trinajstić information content (AvgIpc) is 3.19. The van der Waals surface area contributed by atoms with Crippen molar-refractivity contribution in [2.45, 2.75) is 5.16 Å². The molecule has 0 fully saturated rings. The van der Waals surface area contributed by atoms with Crippen LogP contribution < -0.4 is 15.8 Å². The van der Waals surface area contributed by atoms with E-state index in [0.717, 1.165) is 0 Å². The summed E-state index contributed by atoms with van der Waals surface area (Å²) >= 11 is 1.21. The zero-order valence-corrected chi connectivity index (χ0v) is 16.7. The molecule has 1 aliphatic heterocycles. The number of rotatable bonds is 3. The number of amides is 2. The Labute approximate surface area is 174 Å². The minimum absolute atomic E-state index is 0.0333. The molecule has 1 aliphatic rings. The predicted octanol–water partition coefficient (Wildman–Crippen LogP) is 1.66. The van der Waals surface area contributed by atoms with Gasteiger partial charge in [-0.1, -0.05) is 36.0 Å². The van der Waals surface area contributed by atoms with Gasteiger partial charge in [-0.15, -0.1) is 10.2 Å². The molecule has 0 unspecified atom stereocenters. The van der Waals surface area contributed by atoms with Gasteiger partial charge in [0, 0.05) is 7.05 Å². The van der Waals surface area contributed by atoms with Crippen molar-refractivity contribution >= 4 is 51.6 Å². The Bertz CT molecular complexity index is 1390. The maximum Gasteiger partial charge on any atom is 0.262 e. The van der Waals surface area contributed by atoms with E-state index in [9.17, 15) is 14.4 Å². The van der Waals surface area contributed by atoms with Crippen LogP contribution in [-0.4, -0.2) is 43.3 Å². The van der Waals surface area contributed by atoms with Gasteiger partial charge in [0.2, 0.25) is 17.6 Å². The normalized spacial score (nSPS) is 13.5. The van der Waals surface area contributed by atoms with Crippen LogP contribution in [0.15, 0.2) is 58.5 Å². The van der Waals surface area contributed by atoms with Crippen LogP contribution in [0, 0.1) is 0 Å². The number of carbonyl (C=O) groups is 2. The third-order valence-corrected chi connectivity index (χ3v) is 5.91. The average molecular weight is 420 g/mol. The van der Waals surface area contributed by atoms with Crippen molar-refractivity contribution in [3.8, 4) is 0 Å². The smallest absolute Gasteiger partial charge is 0.262 e. The molecular formula is C20H16N6O3S. The Morgan fingerprint density at radius 1 is 1.10 bits per heavy atom. The highest BCUT2D eigenvalue weighted by Gasteiger charge is 2.27. The number of para-hydroxylation sites is 3. The second-order valence-electron chi connectivity index (χ2n) is 6.83. The van der Waals surface area contributed by atoms with Crippen LogP contribution in [0.1, 0.15) is 0 Å². The number of hydrogen-bond acceptors (Lipinski definition) is 6. The molecule has 5 rings (SSSR count). The SMILES string of the molecule is Cn1c(=O)c2ccccc2n2c(SCC(=O)N3CC(=O)Nc4ccccc43)nnc12. The van der Waals surface area contributed by atoms with Crippen molar-refractivity contribution in [2.75, 3.05) is 22.5 Å². The molecule has 30 heavy (non-hydrogen) atoms. The molecular weight excluding hydrogens is 404 g/mol. The first kappa shape index (κ1) is 18.4. The summed E-state index contributed by atoms with van der Waals surface area (Å²) in [4.78, 5) is 38.9. The Kier molecular flexibility index (Phi) is 4.28. The second-order valence-corrected chi connectivity index (χ2v) is 7.78. The summed E-state index contributed by atoms with van der Waals surface area (Å²) in [5.41, 5.74) is 1.80. The van der Waals surface area contributed by atoms with Gasteiger partial charge in [0.05, 0.1) is 28.0 Å². The van der Waals surface area contributed by atoms with E-state index >= 15 is 0 Å². The van der Waals surface area contributed by atoms with Gasteiger partial charge < -0.3 is 10.2 Å². The highest BCUT2D eigenvalue weighted by molar-refractivity contribution is 7.99. The van der Waals surface area contributed by atoms with E-state index in [-0.39, 0.29) is 29.7 Å². The molecule has 0 radical (unpaired) electrons. The van der Waals surface area contributed by atoms with Crippen LogP contribution in [0.5, 0.6) is 0 Å². The quantitative estimate of drug-likeness (QED) is 0.506. The number of anilines is 2. The van der Waals surface area contributed by atoms with Gasteiger partial charge in [-0.3, -0.25) is 23.4 Å². The monoisotopic (exact) mass is 420 g/mol. The molecule has 150 valence electrons. The molecule has 0 saturated carbocycles. The first-order valence-electron chi connectivity index (χ1n) is 9.19. The molecule has 1 N–H and O–H groups in total. The Morgan fingerprint density at radius 2 is 1.87 bits per heavy atom. The first-order chi connectivity index (χ1) is 14.5. The van der Waals surface area contributed by atoms with E-state index in [1.165, 1.54) is 21.2 Å². The van der Waals surface area contributed by atoms with Crippen molar-refractivity contribution in [1.82, 2.24) is 19.2 Å². The highest BCUT2D eigenvalue weighted by Crippen LogP contribution is 2.30. The van der Waals surface area contributed by atoms with E-state index in [2.05, 4.69) is 15.5 Å². The lowest BCUT2D eigenvalue weighted by Gasteiger charge is -2.28. The topological polar surface area (TPSA) is 102 Å². The number of fused-ring (bicyclic) bond motifs is 4. The van der Waals surface area contributed by atoms with Crippen LogP contribution >= 0.6 is 11.8 Å². The lowest BCUT2D eigenvalue weighted by atomic mass is 10.2. The van der Waals surface area contributed by atoms with Crippen molar-refractivity contribution in [2.24, 2.45) is 7.05 Å². The Balaban J connectivity index is 1.49. The van der Waals surface area contributed by atoms with Crippen molar-refractivity contribution in [1.29, 1.82) is 0 Å². The fourth-order valence-electron chi connectivity index (χ4n) is 3.56. The van der Waals surface area contributed by atoms with Crippen LogP contribution in [0.25, 0.3) is 16.7 Å². The molecule has 2 amide bonds. The van der Waals surface area contributed by atoms with Crippen molar-refractivity contribution in [3.05, 3.63) is 58.9 Å². The van der Waals surface area contributed by atoms with Crippen molar-refractivity contribution in [3.63, 3.8) is 0 Å². The van der Waals surface area contributed by atoms with Gasteiger partial charge in [-0.2, -0.15) is 0 Å². The largest absolute Gasteiger partial charge is 0.323 e. The molecule has 3 heterocycles. The van der Waals surface area contributed by atoms with E-state index < -0.39 is 0 Å². The number of nitrogens with one attached hydrogen (secondary N) is 1. The van der Waals surface area contributed by atoms with Crippen molar-refractivity contribution < 1.29 is 9.59 Å². The number of benzene rings is 2. The molecule has 9 nitrogen and oxygen atoms in total. The number of nitrogens with zero attached hydrogens (tertiary/aromatic N) is 5. The molecule has 0 spiro atoms. The minimum Gasteiger partial charge on any atom is -0.323 e. The number of carbonyl (C=O) groups excluding carboxylic acids is 2. The Morgan fingerprint density at radius 3 is 2.73 bits per heavy atom. The summed E-state index contributed by atoms with van der Waals surface area (Å²) in [6.07, 6.45) is 0. The van der Waals surface area contributed by atoms with Crippen LogP contribution in [0.2, 0.25) is 0 Å². The molecule has 0 atom stereocenters. The van der Waals surface area contributed by atoms with E-state index in [1.807, 2.05) is 18.2 Å². The second kappa shape index (κ2) is 6.99. The number of hydrogen-bond donors (Lipinski definition) is 1. The Hall–Kier alpha value is -3.66.